The van der Waals surface area contributed by atoms with Gasteiger partial charge in [-0.1, -0.05) is 19.9 Å². The standard InChI is InChI=1S/C19H25N5O2.C2HF3O2/c1-14(2)9-19(26)23-12-16-6-8-22-24(16)17(13-23)10-18(25)21-11-15-5-3-4-7-20-15;3-2(4,5)1(6)7/h3-8,14,17H,9-13H2,1-2H3,(H,21,25);(H,6,7). The van der Waals surface area contributed by atoms with E-state index in [1.54, 1.807) is 12.4 Å². The monoisotopic (exact) mass is 469 g/mol. The predicted molar refractivity (Wildman–Crippen MR) is 111 cm³/mol. The van der Waals surface area contributed by atoms with E-state index in [0.29, 0.717) is 32.0 Å². The molecular weight excluding hydrogens is 443 g/mol. The van der Waals surface area contributed by atoms with Crippen molar-refractivity contribution in [2.45, 2.75) is 52.0 Å². The molecule has 1 aliphatic rings. The van der Waals surface area contributed by atoms with Crippen molar-refractivity contribution in [2.24, 2.45) is 5.92 Å². The lowest BCUT2D eigenvalue weighted by atomic mass is 10.1. The zero-order chi connectivity index (χ0) is 24.6. The summed E-state index contributed by atoms with van der Waals surface area (Å²) in [6.45, 7) is 5.53. The Morgan fingerprint density at radius 3 is 2.48 bits per heavy atom. The fraction of sp³-hybridized carbons (Fsp3) is 0.476. The van der Waals surface area contributed by atoms with Crippen molar-refractivity contribution in [1.29, 1.82) is 0 Å². The van der Waals surface area contributed by atoms with Crippen LogP contribution in [-0.4, -0.2) is 55.3 Å². The number of hydrogen-bond acceptors (Lipinski definition) is 5. The number of hydrogen-bond donors (Lipinski definition) is 2. The smallest absolute Gasteiger partial charge is 0.475 e. The molecule has 2 aromatic heterocycles. The van der Waals surface area contributed by atoms with Crippen LogP contribution < -0.4 is 5.32 Å². The van der Waals surface area contributed by atoms with Crippen molar-refractivity contribution in [2.75, 3.05) is 6.54 Å². The van der Waals surface area contributed by atoms with E-state index in [2.05, 4.69) is 15.4 Å². The fourth-order valence-electron chi connectivity index (χ4n) is 3.18. The molecule has 0 bridgehead atoms. The van der Waals surface area contributed by atoms with Crippen LogP contribution in [0.3, 0.4) is 0 Å². The highest BCUT2D eigenvalue weighted by Crippen LogP contribution is 2.24. The van der Waals surface area contributed by atoms with Crippen molar-refractivity contribution in [3.05, 3.63) is 48.0 Å². The van der Waals surface area contributed by atoms with Crippen LogP contribution in [0.5, 0.6) is 0 Å². The van der Waals surface area contributed by atoms with E-state index in [1.165, 1.54) is 0 Å². The fourth-order valence-corrected chi connectivity index (χ4v) is 3.18. The van der Waals surface area contributed by atoms with Crippen LogP contribution in [0.1, 0.15) is 44.1 Å². The third kappa shape index (κ3) is 8.20. The second-order valence-electron chi connectivity index (χ2n) is 7.90. The first-order valence-electron chi connectivity index (χ1n) is 10.2. The van der Waals surface area contributed by atoms with Gasteiger partial charge >= 0.3 is 12.1 Å². The zero-order valence-corrected chi connectivity index (χ0v) is 18.2. The van der Waals surface area contributed by atoms with Crippen molar-refractivity contribution in [1.82, 2.24) is 25.0 Å². The summed E-state index contributed by atoms with van der Waals surface area (Å²) in [7, 11) is 0. The molecule has 1 unspecified atom stereocenters. The summed E-state index contributed by atoms with van der Waals surface area (Å²) in [5, 5.41) is 14.4. The van der Waals surface area contributed by atoms with Gasteiger partial charge in [-0.3, -0.25) is 19.3 Å². The minimum Gasteiger partial charge on any atom is -0.475 e. The predicted octanol–water partition coefficient (Wildman–Crippen LogP) is 2.55. The zero-order valence-electron chi connectivity index (χ0n) is 18.2. The SMILES string of the molecule is CC(C)CC(=O)N1Cc2ccnn2C(CC(=O)NCc2ccccn2)C1.O=C(O)C(F)(F)F. The highest BCUT2D eigenvalue weighted by Gasteiger charge is 2.38. The van der Waals surface area contributed by atoms with Gasteiger partial charge in [0, 0.05) is 25.4 Å². The summed E-state index contributed by atoms with van der Waals surface area (Å²) in [6, 6.07) is 7.37. The molecule has 0 aliphatic carbocycles. The summed E-state index contributed by atoms with van der Waals surface area (Å²) < 4.78 is 33.6. The molecule has 0 saturated carbocycles. The van der Waals surface area contributed by atoms with Crippen LogP contribution in [0.15, 0.2) is 36.7 Å². The number of amides is 2. The molecule has 0 spiro atoms. The number of fused-ring (bicyclic) bond motifs is 1. The lowest BCUT2D eigenvalue weighted by Crippen LogP contribution is -2.43. The molecule has 12 heteroatoms. The summed E-state index contributed by atoms with van der Waals surface area (Å²) in [5.74, 6) is -2.38. The molecule has 0 saturated heterocycles. The van der Waals surface area contributed by atoms with Gasteiger partial charge in [0.25, 0.3) is 0 Å². The van der Waals surface area contributed by atoms with E-state index in [4.69, 9.17) is 9.90 Å². The Bertz CT molecular complexity index is 947. The molecule has 180 valence electrons. The normalized spacial score (nSPS) is 15.3. The van der Waals surface area contributed by atoms with Crippen molar-refractivity contribution >= 4 is 17.8 Å². The average Bonchev–Trinajstić information content (AvgIpc) is 3.21. The number of pyridine rings is 1. The van der Waals surface area contributed by atoms with Gasteiger partial charge in [-0.05, 0) is 24.1 Å². The molecule has 9 nitrogen and oxygen atoms in total. The van der Waals surface area contributed by atoms with Gasteiger partial charge in [0.2, 0.25) is 11.8 Å². The number of carbonyl (C=O) groups is 3. The van der Waals surface area contributed by atoms with Gasteiger partial charge in [-0.2, -0.15) is 18.3 Å². The maximum Gasteiger partial charge on any atom is 0.490 e. The molecule has 3 rings (SSSR count). The second kappa shape index (κ2) is 11.4. The number of carbonyl (C=O) groups excluding carboxylic acids is 2. The van der Waals surface area contributed by atoms with E-state index in [9.17, 15) is 22.8 Å². The lowest BCUT2D eigenvalue weighted by Gasteiger charge is -2.34. The lowest BCUT2D eigenvalue weighted by molar-refractivity contribution is -0.192. The largest absolute Gasteiger partial charge is 0.490 e. The molecule has 1 aliphatic heterocycles. The quantitative estimate of drug-likeness (QED) is 0.672. The third-order valence-electron chi connectivity index (χ3n) is 4.67. The van der Waals surface area contributed by atoms with E-state index in [1.807, 2.05) is 47.7 Å². The molecule has 0 fully saturated rings. The Morgan fingerprint density at radius 2 is 1.91 bits per heavy atom. The van der Waals surface area contributed by atoms with Crippen LogP contribution in [0, 0.1) is 5.92 Å². The molecule has 3 heterocycles. The van der Waals surface area contributed by atoms with Gasteiger partial charge in [-0.25, -0.2) is 4.79 Å². The van der Waals surface area contributed by atoms with Crippen molar-refractivity contribution < 1.29 is 32.7 Å². The number of alkyl halides is 3. The maximum atomic E-state index is 12.5. The number of halogens is 3. The Labute approximate surface area is 188 Å². The maximum absolute atomic E-state index is 12.5. The molecule has 2 aromatic rings. The molecule has 0 aromatic carbocycles. The Kier molecular flexibility index (Phi) is 8.94. The molecular formula is C21H26F3N5O4. The van der Waals surface area contributed by atoms with Gasteiger partial charge in [0.15, 0.2) is 0 Å². The molecule has 2 amide bonds. The van der Waals surface area contributed by atoms with Crippen LogP contribution in [0.2, 0.25) is 0 Å². The Morgan fingerprint density at radius 1 is 1.21 bits per heavy atom. The summed E-state index contributed by atoms with van der Waals surface area (Å²) >= 11 is 0. The number of aromatic nitrogens is 3. The number of aliphatic carboxylic acids is 1. The van der Waals surface area contributed by atoms with Gasteiger partial charge in [0.1, 0.15) is 0 Å². The first-order valence-corrected chi connectivity index (χ1v) is 10.2. The first kappa shape index (κ1) is 25.8. The Hall–Kier alpha value is -3.44. The number of nitrogens with zero attached hydrogens (tertiary/aromatic N) is 4. The average molecular weight is 469 g/mol. The third-order valence-corrected chi connectivity index (χ3v) is 4.67. The van der Waals surface area contributed by atoms with E-state index < -0.39 is 12.1 Å². The molecule has 0 radical (unpaired) electrons. The summed E-state index contributed by atoms with van der Waals surface area (Å²) in [4.78, 5) is 39.8. The molecule has 1 atom stereocenters. The van der Waals surface area contributed by atoms with Crippen LogP contribution >= 0.6 is 0 Å². The van der Waals surface area contributed by atoms with Gasteiger partial charge < -0.3 is 15.3 Å². The van der Waals surface area contributed by atoms with Crippen LogP contribution in [0.25, 0.3) is 0 Å². The number of carboxylic acid groups (broad SMARTS) is 1. The minimum absolute atomic E-state index is 0.0692. The van der Waals surface area contributed by atoms with Gasteiger partial charge in [0.05, 0.1) is 36.9 Å². The first-order chi connectivity index (χ1) is 15.5. The molecule has 33 heavy (non-hydrogen) atoms. The van der Waals surface area contributed by atoms with E-state index in [-0.39, 0.29) is 24.3 Å². The van der Waals surface area contributed by atoms with Gasteiger partial charge in [-0.15, -0.1) is 0 Å². The number of nitrogens with one attached hydrogen (secondary N) is 1. The topological polar surface area (TPSA) is 117 Å². The highest BCUT2D eigenvalue weighted by atomic mass is 19.4. The number of rotatable bonds is 6. The summed E-state index contributed by atoms with van der Waals surface area (Å²) in [5.41, 5.74) is 1.79. The van der Waals surface area contributed by atoms with E-state index >= 15 is 0 Å². The van der Waals surface area contributed by atoms with Crippen molar-refractivity contribution in [3.63, 3.8) is 0 Å². The van der Waals surface area contributed by atoms with Crippen LogP contribution in [-0.2, 0) is 27.5 Å². The number of carboxylic acids is 1. The van der Waals surface area contributed by atoms with Crippen LogP contribution in [0.4, 0.5) is 13.2 Å². The van der Waals surface area contributed by atoms with Crippen molar-refractivity contribution in [3.8, 4) is 0 Å². The second-order valence-corrected chi connectivity index (χ2v) is 7.90. The highest BCUT2D eigenvalue weighted by molar-refractivity contribution is 5.78. The molecule has 2 N–H and O–H groups in total. The minimum atomic E-state index is -5.08. The summed E-state index contributed by atoms with van der Waals surface area (Å²) in [6.07, 6.45) is -0.846. The van der Waals surface area contributed by atoms with E-state index in [0.717, 1.165) is 11.4 Å². The Balaban J connectivity index is 0.000000479.